The normalized spacial score (nSPS) is 14.6. The van der Waals surface area contributed by atoms with Crippen LogP contribution in [-0.2, 0) is 9.47 Å². The maximum Gasteiger partial charge on any atom is 0.158 e. The van der Waals surface area contributed by atoms with Crippen LogP contribution in [0.25, 0.3) is 0 Å². The van der Waals surface area contributed by atoms with Crippen LogP contribution in [0.2, 0.25) is 0 Å². The van der Waals surface area contributed by atoms with Gasteiger partial charge in [0.05, 0.1) is 13.2 Å². The second kappa shape index (κ2) is 7.60. The fourth-order valence-electron chi connectivity index (χ4n) is 1.30. The third kappa shape index (κ3) is 4.59. The fourth-order valence-corrected chi connectivity index (χ4v) is 1.64. The summed E-state index contributed by atoms with van der Waals surface area (Å²) >= 11 is 1.24. The predicted molar refractivity (Wildman–Crippen MR) is 68.6 cm³/mol. The monoisotopic (exact) mass is 257 g/mol. The van der Waals surface area contributed by atoms with E-state index in [-0.39, 0.29) is 11.4 Å². The molecule has 2 N–H and O–H groups in total. The Morgan fingerprint density at radius 2 is 2.00 bits per heavy atom. The minimum atomic E-state index is -0.208. The van der Waals surface area contributed by atoms with Crippen molar-refractivity contribution in [3.05, 3.63) is 23.8 Å². The standard InChI is InChI=1S/C11H19N3O2S/c1-8-6-13-11(14-7-8)10(9(2)17-12)16-5-4-15-3/h6-7,9-10H,4-5,12H2,1-3H3. The smallest absolute Gasteiger partial charge is 0.158 e. The number of aryl methyl sites for hydroxylation is 1. The summed E-state index contributed by atoms with van der Waals surface area (Å²) in [6, 6.07) is 0. The Morgan fingerprint density at radius 1 is 1.35 bits per heavy atom. The molecule has 0 saturated heterocycles. The summed E-state index contributed by atoms with van der Waals surface area (Å²) in [6.07, 6.45) is 3.35. The van der Waals surface area contributed by atoms with Crippen LogP contribution in [0.1, 0.15) is 24.4 Å². The summed E-state index contributed by atoms with van der Waals surface area (Å²) in [5.74, 6) is 0.664. The lowest BCUT2D eigenvalue weighted by atomic mass is 10.2. The number of methoxy groups -OCH3 is 1. The van der Waals surface area contributed by atoms with Crippen LogP contribution < -0.4 is 5.14 Å². The Kier molecular flexibility index (Phi) is 6.43. The Hall–Kier alpha value is -0.690. The first-order chi connectivity index (χ1) is 8.19. The van der Waals surface area contributed by atoms with Gasteiger partial charge in [0.1, 0.15) is 6.10 Å². The predicted octanol–water partition coefficient (Wildman–Crippen LogP) is 1.48. The van der Waals surface area contributed by atoms with Gasteiger partial charge in [-0.3, -0.25) is 5.14 Å². The van der Waals surface area contributed by atoms with Crippen molar-refractivity contribution in [3.8, 4) is 0 Å². The van der Waals surface area contributed by atoms with Crippen LogP contribution >= 0.6 is 11.9 Å². The zero-order valence-electron chi connectivity index (χ0n) is 10.4. The molecule has 0 saturated carbocycles. The highest BCUT2D eigenvalue weighted by atomic mass is 32.2. The maximum absolute atomic E-state index is 5.71. The molecule has 0 aliphatic heterocycles. The first-order valence-corrected chi connectivity index (χ1v) is 6.38. The summed E-state index contributed by atoms with van der Waals surface area (Å²) in [5, 5.41) is 5.69. The van der Waals surface area contributed by atoms with Crippen molar-refractivity contribution < 1.29 is 9.47 Å². The van der Waals surface area contributed by atoms with Crippen LogP contribution in [0.5, 0.6) is 0 Å². The average Bonchev–Trinajstić information content (AvgIpc) is 2.35. The highest BCUT2D eigenvalue weighted by Gasteiger charge is 2.22. The van der Waals surface area contributed by atoms with Crippen molar-refractivity contribution in [1.29, 1.82) is 0 Å². The van der Waals surface area contributed by atoms with Gasteiger partial charge < -0.3 is 9.47 Å². The van der Waals surface area contributed by atoms with E-state index in [1.54, 1.807) is 19.5 Å². The lowest BCUT2D eigenvalue weighted by Crippen LogP contribution is -2.21. The van der Waals surface area contributed by atoms with Gasteiger partial charge in [-0.25, -0.2) is 9.97 Å². The van der Waals surface area contributed by atoms with Crippen LogP contribution in [0.15, 0.2) is 12.4 Å². The molecule has 0 aromatic carbocycles. The second-order valence-corrected chi connectivity index (χ2v) is 4.76. The van der Waals surface area contributed by atoms with Crippen molar-refractivity contribution in [2.45, 2.75) is 25.2 Å². The van der Waals surface area contributed by atoms with E-state index in [0.29, 0.717) is 19.0 Å². The van der Waals surface area contributed by atoms with Gasteiger partial charge in [0, 0.05) is 24.8 Å². The minimum absolute atomic E-state index is 0.0922. The number of ether oxygens (including phenoxy) is 2. The molecule has 2 unspecified atom stereocenters. The molecule has 0 fully saturated rings. The first-order valence-electron chi connectivity index (χ1n) is 5.43. The van der Waals surface area contributed by atoms with Gasteiger partial charge in [0.2, 0.25) is 0 Å². The van der Waals surface area contributed by atoms with E-state index < -0.39 is 0 Å². The molecule has 1 rings (SSSR count). The van der Waals surface area contributed by atoms with E-state index in [9.17, 15) is 0 Å². The van der Waals surface area contributed by atoms with Crippen molar-refractivity contribution >= 4 is 11.9 Å². The minimum Gasteiger partial charge on any atom is -0.382 e. The Morgan fingerprint density at radius 3 is 2.53 bits per heavy atom. The number of nitrogens with zero attached hydrogens (tertiary/aromatic N) is 2. The molecule has 1 aromatic rings. The summed E-state index contributed by atoms with van der Waals surface area (Å²) in [6.45, 7) is 4.99. The average molecular weight is 257 g/mol. The van der Waals surface area contributed by atoms with Gasteiger partial charge >= 0.3 is 0 Å². The van der Waals surface area contributed by atoms with Crippen LogP contribution in [0.3, 0.4) is 0 Å². The summed E-state index contributed by atoms with van der Waals surface area (Å²) in [7, 11) is 1.64. The van der Waals surface area contributed by atoms with Crippen molar-refractivity contribution in [3.63, 3.8) is 0 Å². The molecule has 1 aromatic heterocycles. The number of rotatable bonds is 7. The lowest BCUT2D eigenvalue weighted by Gasteiger charge is -2.21. The zero-order valence-corrected chi connectivity index (χ0v) is 11.2. The van der Waals surface area contributed by atoms with Gasteiger partial charge in [-0.05, 0) is 19.4 Å². The van der Waals surface area contributed by atoms with E-state index >= 15 is 0 Å². The second-order valence-electron chi connectivity index (χ2n) is 3.74. The Labute approximate surface area is 106 Å². The summed E-state index contributed by atoms with van der Waals surface area (Å²) < 4.78 is 10.7. The molecule has 17 heavy (non-hydrogen) atoms. The first kappa shape index (κ1) is 14.4. The molecule has 0 amide bonds. The van der Waals surface area contributed by atoms with Crippen LogP contribution in [0.4, 0.5) is 0 Å². The third-order valence-electron chi connectivity index (χ3n) is 2.28. The molecule has 6 heteroatoms. The van der Waals surface area contributed by atoms with Crippen molar-refractivity contribution in [2.24, 2.45) is 5.14 Å². The van der Waals surface area contributed by atoms with E-state index in [4.69, 9.17) is 14.6 Å². The van der Waals surface area contributed by atoms with E-state index in [1.807, 2.05) is 13.8 Å². The van der Waals surface area contributed by atoms with Gasteiger partial charge in [-0.15, -0.1) is 0 Å². The quantitative estimate of drug-likeness (QED) is 0.589. The topological polar surface area (TPSA) is 70.3 Å². The Bertz CT molecular complexity index is 321. The molecule has 5 nitrogen and oxygen atoms in total. The molecule has 0 aliphatic rings. The summed E-state index contributed by atoms with van der Waals surface area (Å²) in [4.78, 5) is 8.56. The largest absolute Gasteiger partial charge is 0.382 e. The van der Waals surface area contributed by atoms with Gasteiger partial charge in [-0.2, -0.15) is 0 Å². The van der Waals surface area contributed by atoms with E-state index in [0.717, 1.165) is 5.56 Å². The molecule has 0 spiro atoms. The zero-order chi connectivity index (χ0) is 12.7. The molecule has 0 bridgehead atoms. The van der Waals surface area contributed by atoms with Gasteiger partial charge in [-0.1, -0.05) is 11.9 Å². The molecular weight excluding hydrogens is 238 g/mol. The van der Waals surface area contributed by atoms with Crippen molar-refractivity contribution in [1.82, 2.24) is 9.97 Å². The molecule has 0 aliphatic carbocycles. The van der Waals surface area contributed by atoms with Crippen LogP contribution in [0, 0.1) is 6.92 Å². The third-order valence-corrected chi connectivity index (χ3v) is 2.96. The maximum atomic E-state index is 5.71. The summed E-state index contributed by atoms with van der Waals surface area (Å²) in [5.41, 5.74) is 1.03. The van der Waals surface area contributed by atoms with E-state index in [1.165, 1.54) is 11.9 Å². The van der Waals surface area contributed by atoms with E-state index in [2.05, 4.69) is 9.97 Å². The highest BCUT2D eigenvalue weighted by Crippen LogP contribution is 2.24. The SMILES string of the molecule is COCCOC(c1ncc(C)cn1)C(C)SN. The molecular formula is C11H19N3O2S. The van der Waals surface area contributed by atoms with Gasteiger partial charge in [0.25, 0.3) is 0 Å². The molecule has 2 atom stereocenters. The van der Waals surface area contributed by atoms with Gasteiger partial charge in [0.15, 0.2) is 5.82 Å². The number of nitrogens with two attached hydrogens (primary N) is 1. The van der Waals surface area contributed by atoms with Crippen molar-refractivity contribution in [2.75, 3.05) is 20.3 Å². The Balaban J connectivity index is 2.71. The molecule has 96 valence electrons. The van der Waals surface area contributed by atoms with Crippen LogP contribution in [-0.4, -0.2) is 35.5 Å². The number of hydrogen-bond acceptors (Lipinski definition) is 6. The lowest BCUT2D eigenvalue weighted by molar-refractivity contribution is 0.0130. The highest BCUT2D eigenvalue weighted by molar-refractivity contribution is 7.97. The number of hydrogen-bond donors (Lipinski definition) is 1. The number of aromatic nitrogens is 2. The molecule has 1 heterocycles. The fraction of sp³-hybridized carbons (Fsp3) is 0.636. The molecule has 0 radical (unpaired) electrons.